The van der Waals surface area contributed by atoms with Gasteiger partial charge in [-0.1, -0.05) is 96.1 Å². The van der Waals surface area contributed by atoms with E-state index in [1.165, 1.54) is 90.6 Å². The summed E-state index contributed by atoms with van der Waals surface area (Å²) in [6.07, 6.45) is 29.4. The molecule has 220 valence electrons. The molecule has 0 radical (unpaired) electrons. The molecule has 0 rings (SSSR count). The van der Waals surface area contributed by atoms with Gasteiger partial charge in [-0.2, -0.15) is 0 Å². The molecular weight excluding hydrogens is 462 g/mol. The lowest BCUT2D eigenvalue weighted by molar-refractivity contribution is -0.140. The zero-order valence-corrected chi connectivity index (χ0v) is 25.3. The maximum absolute atomic E-state index is 11.1. The minimum absolute atomic E-state index is 0.104. The van der Waals surface area contributed by atoms with Gasteiger partial charge in [-0.3, -0.25) is 4.79 Å². The molecule has 0 saturated heterocycles. The number of carbonyl (C=O) groups excluding carboxylic acids is 1. The van der Waals surface area contributed by atoms with Crippen molar-refractivity contribution in [2.75, 3.05) is 47.6 Å². The van der Waals surface area contributed by atoms with Gasteiger partial charge in [-0.05, 0) is 59.0 Å². The molecular formula is C32H63NO4. The average Bonchev–Trinajstić information content (AvgIpc) is 2.89. The Morgan fingerprint density at radius 2 is 1.08 bits per heavy atom. The van der Waals surface area contributed by atoms with E-state index in [1.54, 1.807) is 0 Å². The number of hydrogen-bond donors (Lipinski definition) is 0. The van der Waals surface area contributed by atoms with Crippen molar-refractivity contribution in [2.24, 2.45) is 0 Å². The second-order valence-electron chi connectivity index (χ2n) is 10.8. The van der Waals surface area contributed by atoms with Crippen molar-refractivity contribution in [3.8, 4) is 0 Å². The predicted molar refractivity (Wildman–Crippen MR) is 158 cm³/mol. The molecule has 1 atom stereocenters. The third-order valence-electron chi connectivity index (χ3n) is 7.05. The van der Waals surface area contributed by atoms with Gasteiger partial charge in [-0.25, -0.2) is 0 Å². The fourth-order valence-corrected chi connectivity index (χ4v) is 4.34. The van der Waals surface area contributed by atoms with Gasteiger partial charge >= 0.3 is 5.97 Å². The molecule has 0 aromatic rings. The lowest BCUT2D eigenvalue weighted by Gasteiger charge is -2.24. The Kier molecular flexibility index (Phi) is 28.9. The van der Waals surface area contributed by atoms with Gasteiger partial charge in [0.2, 0.25) is 0 Å². The highest BCUT2D eigenvalue weighted by Gasteiger charge is 2.11. The number of methoxy groups -OCH3 is 1. The van der Waals surface area contributed by atoms with Crippen LogP contribution in [0.5, 0.6) is 0 Å². The first-order valence-corrected chi connectivity index (χ1v) is 15.7. The van der Waals surface area contributed by atoms with Crippen LogP contribution in [-0.2, 0) is 19.0 Å². The van der Waals surface area contributed by atoms with Gasteiger partial charge in [0.15, 0.2) is 0 Å². The van der Waals surface area contributed by atoms with Gasteiger partial charge in [0.25, 0.3) is 0 Å². The highest BCUT2D eigenvalue weighted by atomic mass is 16.5. The van der Waals surface area contributed by atoms with Gasteiger partial charge in [0.05, 0.1) is 26.4 Å². The van der Waals surface area contributed by atoms with E-state index < -0.39 is 0 Å². The van der Waals surface area contributed by atoms with Crippen LogP contribution in [0.2, 0.25) is 0 Å². The van der Waals surface area contributed by atoms with Crippen LogP contribution >= 0.6 is 0 Å². The molecule has 0 fully saturated rings. The average molecular weight is 526 g/mol. The summed E-state index contributed by atoms with van der Waals surface area (Å²) >= 11 is 0. The summed E-state index contributed by atoms with van der Waals surface area (Å²) in [5, 5.41) is 0. The topological polar surface area (TPSA) is 48.0 Å². The van der Waals surface area contributed by atoms with E-state index in [1.807, 2.05) is 0 Å². The van der Waals surface area contributed by atoms with Crippen LogP contribution in [-0.4, -0.2) is 64.5 Å². The van der Waals surface area contributed by atoms with Gasteiger partial charge < -0.3 is 19.1 Å². The fourth-order valence-electron chi connectivity index (χ4n) is 4.34. The molecule has 0 aliphatic rings. The van der Waals surface area contributed by atoms with E-state index in [9.17, 15) is 4.79 Å². The monoisotopic (exact) mass is 525 g/mol. The Bertz CT molecular complexity index is 495. The Hall–Kier alpha value is -0.910. The summed E-state index contributed by atoms with van der Waals surface area (Å²) in [5.41, 5.74) is 0. The second kappa shape index (κ2) is 29.6. The van der Waals surface area contributed by atoms with Gasteiger partial charge in [0.1, 0.15) is 0 Å². The third-order valence-corrected chi connectivity index (χ3v) is 7.05. The van der Waals surface area contributed by atoms with Crippen molar-refractivity contribution < 1.29 is 19.0 Å². The molecule has 0 bridgehead atoms. The summed E-state index contributed by atoms with van der Waals surface area (Å²) in [4.78, 5) is 13.3. The number of esters is 1. The molecule has 0 saturated carbocycles. The number of nitrogens with zero attached hydrogens (tertiary/aromatic N) is 1. The van der Waals surface area contributed by atoms with E-state index >= 15 is 0 Å². The highest BCUT2D eigenvalue weighted by Crippen LogP contribution is 2.10. The van der Waals surface area contributed by atoms with Crippen molar-refractivity contribution in [1.82, 2.24) is 4.90 Å². The number of ether oxygens (including phenoxy) is 3. The molecule has 0 aromatic carbocycles. The maximum Gasteiger partial charge on any atom is 0.305 e. The molecule has 0 heterocycles. The number of allylic oxidation sites excluding steroid dienone is 2. The number of hydrogen-bond acceptors (Lipinski definition) is 5. The van der Waals surface area contributed by atoms with Crippen LogP contribution in [0.4, 0.5) is 0 Å². The van der Waals surface area contributed by atoms with Crippen LogP contribution in [0.25, 0.3) is 0 Å². The number of unbranched alkanes of at least 4 members (excludes halogenated alkanes) is 16. The smallest absolute Gasteiger partial charge is 0.305 e. The Morgan fingerprint density at radius 3 is 1.54 bits per heavy atom. The van der Waals surface area contributed by atoms with Crippen LogP contribution < -0.4 is 0 Å². The minimum atomic E-state index is -0.104. The molecule has 5 heteroatoms. The van der Waals surface area contributed by atoms with Crippen LogP contribution in [0, 0.1) is 0 Å². The van der Waals surface area contributed by atoms with Crippen LogP contribution in [0.1, 0.15) is 135 Å². The van der Waals surface area contributed by atoms with Crippen molar-refractivity contribution in [3.63, 3.8) is 0 Å². The van der Waals surface area contributed by atoms with Crippen molar-refractivity contribution in [2.45, 2.75) is 141 Å². The van der Waals surface area contributed by atoms with Crippen LogP contribution in [0.15, 0.2) is 12.2 Å². The normalized spacial score (nSPS) is 12.6. The molecule has 0 aliphatic carbocycles. The second-order valence-corrected chi connectivity index (χ2v) is 10.8. The number of carbonyl (C=O) groups is 1. The first-order valence-electron chi connectivity index (χ1n) is 15.7. The lowest BCUT2D eigenvalue weighted by atomic mass is 10.1. The third kappa shape index (κ3) is 27.9. The zero-order chi connectivity index (χ0) is 27.2. The highest BCUT2D eigenvalue weighted by molar-refractivity contribution is 5.68. The van der Waals surface area contributed by atoms with Gasteiger partial charge in [0, 0.05) is 19.6 Å². The molecule has 0 spiro atoms. The predicted octanol–water partition coefficient (Wildman–Crippen LogP) is 8.50. The molecule has 0 aliphatic heterocycles. The summed E-state index contributed by atoms with van der Waals surface area (Å²) in [5.74, 6) is -0.104. The first kappa shape index (κ1) is 36.1. The number of rotatable bonds is 29. The SMILES string of the molecule is CCCCCCCC/C=C\CCCCCCCCOCC(COCCCCCCCC(=O)OC)N(C)C. The van der Waals surface area contributed by atoms with Crippen molar-refractivity contribution >= 4 is 5.97 Å². The maximum atomic E-state index is 11.1. The van der Waals surface area contributed by atoms with Crippen LogP contribution in [0.3, 0.4) is 0 Å². The van der Waals surface area contributed by atoms with Gasteiger partial charge in [-0.15, -0.1) is 0 Å². The summed E-state index contributed by atoms with van der Waals surface area (Å²) in [7, 11) is 5.65. The molecule has 0 N–H and O–H groups in total. The lowest BCUT2D eigenvalue weighted by Crippen LogP contribution is -2.37. The Labute approximate surface area is 231 Å². The summed E-state index contributed by atoms with van der Waals surface area (Å²) in [6, 6.07) is 0.314. The molecule has 0 amide bonds. The van der Waals surface area contributed by atoms with Crippen molar-refractivity contribution in [1.29, 1.82) is 0 Å². The zero-order valence-electron chi connectivity index (χ0n) is 25.3. The molecule has 5 nitrogen and oxygen atoms in total. The standard InChI is InChI=1S/C32H63NO4/c1-5-6-7-8-9-10-11-12-13-14-15-16-17-18-21-24-27-36-29-31(33(2)3)30-37-28-25-22-19-20-23-26-32(34)35-4/h12-13,31H,5-11,14-30H2,1-4H3/b13-12-. The Morgan fingerprint density at radius 1 is 0.649 bits per heavy atom. The molecule has 0 aromatic heterocycles. The van der Waals surface area contributed by atoms with E-state index in [4.69, 9.17) is 9.47 Å². The first-order chi connectivity index (χ1) is 18.1. The summed E-state index contributed by atoms with van der Waals surface area (Å²) < 4.78 is 16.5. The Balaban J connectivity index is 3.44. The number of likely N-dealkylation sites (N-methyl/N-ethyl adjacent to an activating group) is 1. The minimum Gasteiger partial charge on any atom is -0.469 e. The molecule has 1 unspecified atom stereocenters. The fraction of sp³-hybridized carbons (Fsp3) is 0.906. The largest absolute Gasteiger partial charge is 0.469 e. The van der Waals surface area contributed by atoms with E-state index in [0.29, 0.717) is 12.5 Å². The molecule has 37 heavy (non-hydrogen) atoms. The van der Waals surface area contributed by atoms with E-state index in [2.05, 4.69) is 42.8 Å². The quantitative estimate of drug-likeness (QED) is 0.0556. The van der Waals surface area contributed by atoms with Crippen molar-refractivity contribution in [3.05, 3.63) is 12.2 Å². The summed E-state index contributed by atoms with van der Waals surface area (Å²) in [6.45, 7) is 5.41. The van der Waals surface area contributed by atoms with E-state index in [0.717, 1.165) is 65.0 Å². The van der Waals surface area contributed by atoms with E-state index in [-0.39, 0.29) is 5.97 Å².